The van der Waals surface area contributed by atoms with Gasteiger partial charge in [-0.2, -0.15) is 0 Å². The van der Waals surface area contributed by atoms with Crippen molar-refractivity contribution in [3.05, 3.63) is 34.2 Å². The van der Waals surface area contributed by atoms with Gasteiger partial charge >= 0.3 is 5.69 Å². The van der Waals surface area contributed by atoms with Crippen molar-refractivity contribution in [2.45, 2.75) is 34.1 Å². The van der Waals surface area contributed by atoms with Gasteiger partial charge in [-0.1, -0.05) is 6.92 Å². The minimum atomic E-state index is -0.419. The van der Waals surface area contributed by atoms with Crippen molar-refractivity contribution in [2.24, 2.45) is 0 Å². The standard InChI is InChI=1S/C14H20N6O2/c1-5-11-17-10(4)8-19(11)14-12(20(21)22)13(15-9-16-14)18(6-2)7-3/h8-9H,5-7H2,1-4H3. The maximum absolute atomic E-state index is 11.6. The molecule has 0 radical (unpaired) electrons. The van der Waals surface area contributed by atoms with Crippen LogP contribution >= 0.6 is 0 Å². The van der Waals surface area contributed by atoms with Crippen LogP contribution in [0, 0.1) is 17.0 Å². The molecule has 0 saturated heterocycles. The Labute approximate surface area is 129 Å². The lowest BCUT2D eigenvalue weighted by atomic mass is 10.3. The van der Waals surface area contributed by atoms with Crippen LogP contribution in [0.4, 0.5) is 11.5 Å². The first-order valence-electron chi connectivity index (χ1n) is 7.32. The number of imidazole rings is 1. The molecule has 0 aliphatic carbocycles. The van der Waals surface area contributed by atoms with Gasteiger partial charge in [0.05, 0.1) is 10.6 Å². The van der Waals surface area contributed by atoms with Crippen molar-refractivity contribution in [1.82, 2.24) is 19.5 Å². The first kappa shape index (κ1) is 15.9. The van der Waals surface area contributed by atoms with Crippen LogP contribution in [0.2, 0.25) is 0 Å². The fraction of sp³-hybridized carbons (Fsp3) is 0.500. The van der Waals surface area contributed by atoms with Crippen LogP contribution < -0.4 is 4.90 Å². The second kappa shape index (κ2) is 6.50. The fourth-order valence-electron chi connectivity index (χ4n) is 2.44. The summed E-state index contributed by atoms with van der Waals surface area (Å²) in [4.78, 5) is 25.7. The number of hydrogen-bond acceptors (Lipinski definition) is 6. The minimum Gasteiger partial charge on any atom is -0.351 e. The molecule has 0 amide bonds. The van der Waals surface area contributed by atoms with Crippen molar-refractivity contribution >= 4 is 11.5 Å². The average molecular weight is 304 g/mol. The van der Waals surface area contributed by atoms with Gasteiger partial charge in [0.2, 0.25) is 11.6 Å². The normalized spacial score (nSPS) is 10.7. The molecular formula is C14H20N6O2. The summed E-state index contributed by atoms with van der Waals surface area (Å²) in [5, 5.41) is 11.6. The summed E-state index contributed by atoms with van der Waals surface area (Å²) in [6.07, 6.45) is 3.79. The van der Waals surface area contributed by atoms with Crippen molar-refractivity contribution < 1.29 is 4.92 Å². The topological polar surface area (TPSA) is 90.0 Å². The zero-order valence-corrected chi connectivity index (χ0v) is 13.3. The van der Waals surface area contributed by atoms with Crippen LogP contribution in [0.15, 0.2) is 12.5 Å². The third kappa shape index (κ3) is 2.76. The number of rotatable bonds is 6. The summed E-state index contributed by atoms with van der Waals surface area (Å²) in [5.74, 6) is 1.34. The molecule has 0 saturated carbocycles. The van der Waals surface area contributed by atoms with Gasteiger partial charge in [-0.25, -0.2) is 15.0 Å². The molecule has 0 aliphatic rings. The third-order valence-corrected chi connectivity index (χ3v) is 3.47. The van der Waals surface area contributed by atoms with Crippen LogP contribution in [0.1, 0.15) is 32.3 Å². The van der Waals surface area contributed by atoms with Gasteiger partial charge in [-0.05, 0) is 20.8 Å². The van der Waals surface area contributed by atoms with E-state index < -0.39 is 4.92 Å². The van der Waals surface area contributed by atoms with E-state index in [4.69, 9.17) is 0 Å². The number of nitro groups is 1. The van der Waals surface area contributed by atoms with E-state index in [1.807, 2.05) is 32.6 Å². The molecular weight excluding hydrogens is 284 g/mol. The van der Waals surface area contributed by atoms with E-state index in [1.54, 1.807) is 10.8 Å². The Morgan fingerprint density at radius 2 is 1.95 bits per heavy atom. The molecule has 2 rings (SSSR count). The van der Waals surface area contributed by atoms with E-state index in [2.05, 4.69) is 15.0 Å². The third-order valence-electron chi connectivity index (χ3n) is 3.47. The number of nitrogens with zero attached hydrogens (tertiary/aromatic N) is 6. The van der Waals surface area contributed by atoms with E-state index in [1.165, 1.54) is 6.33 Å². The largest absolute Gasteiger partial charge is 0.354 e. The van der Waals surface area contributed by atoms with Crippen molar-refractivity contribution in [3.8, 4) is 5.82 Å². The van der Waals surface area contributed by atoms with Crippen LogP contribution in [-0.2, 0) is 6.42 Å². The van der Waals surface area contributed by atoms with Gasteiger partial charge in [0.1, 0.15) is 12.2 Å². The molecule has 8 heteroatoms. The molecule has 0 N–H and O–H groups in total. The predicted molar refractivity (Wildman–Crippen MR) is 83.5 cm³/mol. The minimum absolute atomic E-state index is 0.0849. The lowest BCUT2D eigenvalue weighted by Gasteiger charge is -2.20. The van der Waals surface area contributed by atoms with Gasteiger partial charge in [0.15, 0.2) is 0 Å². The number of aromatic nitrogens is 4. The highest BCUT2D eigenvalue weighted by molar-refractivity contribution is 5.65. The van der Waals surface area contributed by atoms with Gasteiger partial charge in [0.25, 0.3) is 0 Å². The first-order valence-corrected chi connectivity index (χ1v) is 7.32. The first-order chi connectivity index (χ1) is 10.5. The van der Waals surface area contributed by atoms with Crippen LogP contribution in [0.3, 0.4) is 0 Å². The molecule has 0 aromatic carbocycles. The smallest absolute Gasteiger partial charge is 0.351 e. The Kier molecular flexibility index (Phi) is 4.69. The monoisotopic (exact) mass is 304 g/mol. The van der Waals surface area contributed by atoms with E-state index in [9.17, 15) is 10.1 Å². The lowest BCUT2D eigenvalue weighted by molar-refractivity contribution is -0.384. The van der Waals surface area contributed by atoms with Gasteiger partial charge < -0.3 is 4.90 Å². The molecule has 0 spiro atoms. The van der Waals surface area contributed by atoms with Gasteiger partial charge in [-0.15, -0.1) is 0 Å². The molecule has 2 heterocycles. The van der Waals surface area contributed by atoms with E-state index >= 15 is 0 Å². The summed E-state index contributed by atoms with van der Waals surface area (Å²) in [6.45, 7) is 8.96. The summed E-state index contributed by atoms with van der Waals surface area (Å²) in [6, 6.07) is 0. The summed E-state index contributed by atoms with van der Waals surface area (Å²) in [7, 11) is 0. The van der Waals surface area contributed by atoms with Crippen LogP contribution in [0.25, 0.3) is 5.82 Å². The van der Waals surface area contributed by atoms with E-state index in [0.29, 0.717) is 25.3 Å². The zero-order chi connectivity index (χ0) is 16.3. The highest BCUT2D eigenvalue weighted by atomic mass is 16.6. The molecule has 2 aromatic rings. The molecule has 118 valence electrons. The molecule has 0 bridgehead atoms. The lowest BCUT2D eigenvalue weighted by Crippen LogP contribution is -2.25. The van der Waals surface area contributed by atoms with Crippen molar-refractivity contribution in [1.29, 1.82) is 0 Å². The van der Waals surface area contributed by atoms with Crippen molar-refractivity contribution in [3.63, 3.8) is 0 Å². The molecule has 22 heavy (non-hydrogen) atoms. The molecule has 0 aliphatic heterocycles. The Hall–Kier alpha value is -2.51. The van der Waals surface area contributed by atoms with E-state index in [0.717, 1.165) is 11.5 Å². The maximum Gasteiger partial charge on any atom is 0.354 e. The SMILES string of the molecule is CCc1nc(C)cn1-c1ncnc(N(CC)CC)c1[N+](=O)[O-]. The molecule has 8 nitrogen and oxygen atoms in total. The van der Waals surface area contributed by atoms with Crippen LogP contribution in [-0.4, -0.2) is 37.5 Å². The molecule has 0 atom stereocenters. The fourth-order valence-corrected chi connectivity index (χ4v) is 2.44. The summed E-state index contributed by atoms with van der Waals surface area (Å²) in [5.41, 5.74) is 0.715. The molecule has 2 aromatic heterocycles. The number of anilines is 1. The Morgan fingerprint density at radius 3 is 2.50 bits per heavy atom. The predicted octanol–water partition coefficient (Wildman–Crippen LogP) is 2.29. The quantitative estimate of drug-likeness (QED) is 0.601. The Balaban J connectivity index is 2.71. The summed E-state index contributed by atoms with van der Waals surface area (Å²) >= 11 is 0. The van der Waals surface area contributed by atoms with Crippen molar-refractivity contribution in [2.75, 3.05) is 18.0 Å². The van der Waals surface area contributed by atoms with Crippen LogP contribution in [0.5, 0.6) is 0 Å². The van der Waals surface area contributed by atoms with E-state index in [-0.39, 0.29) is 11.5 Å². The molecule has 0 unspecified atom stereocenters. The Bertz CT molecular complexity index is 678. The van der Waals surface area contributed by atoms with Gasteiger partial charge in [0, 0.05) is 25.7 Å². The summed E-state index contributed by atoms with van der Waals surface area (Å²) < 4.78 is 1.68. The second-order valence-corrected chi connectivity index (χ2v) is 4.82. The number of aryl methyl sites for hydroxylation is 2. The highest BCUT2D eigenvalue weighted by Gasteiger charge is 2.28. The average Bonchev–Trinajstić information content (AvgIpc) is 2.89. The number of hydrogen-bond donors (Lipinski definition) is 0. The highest BCUT2D eigenvalue weighted by Crippen LogP contribution is 2.31. The Morgan fingerprint density at radius 1 is 1.27 bits per heavy atom. The zero-order valence-electron chi connectivity index (χ0n) is 13.3. The molecule has 0 fully saturated rings. The maximum atomic E-state index is 11.6. The van der Waals surface area contributed by atoms with Gasteiger partial charge in [-0.3, -0.25) is 14.7 Å². The second-order valence-electron chi connectivity index (χ2n) is 4.82.